The molecule has 0 bridgehead atoms. The first-order valence-corrected chi connectivity index (χ1v) is 4.57. The van der Waals surface area contributed by atoms with Crippen LogP contribution in [-0.2, 0) is 0 Å². The Morgan fingerprint density at radius 2 is 1.69 bits per heavy atom. The van der Waals surface area contributed by atoms with E-state index in [-0.39, 0.29) is 5.78 Å². The van der Waals surface area contributed by atoms with Crippen LogP contribution in [0.15, 0.2) is 18.6 Å². The van der Waals surface area contributed by atoms with Crippen LogP contribution in [0.25, 0.3) is 0 Å². The molecule has 1 aromatic heterocycles. The van der Waals surface area contributed by atoms with Crippen LogP contribution in [0.3, 0.4) is 0 Å². The number of carbonyl (C=O) groups excluding carboxylic acids is 1. The van der Waals surface area contributed by atoms with E-state index >= 15 is 0 Å². The van der Waals surface area contributed by atoms with Gasteiger partial charge in [0, 0.05) is 19.3 Å². The molecule has 0 spiro atoms. The topological polar surface area (TPSA) is 42.9 Å². The summed E-state index contributed by atoms with van der Waals surface area (Å²) in [6.45, 7) is 9.46. The number of hydrogen-bond donors (Lipinski definition) is 0. The van der Waals surface area contributed by atoms with E-state index in [1.165, 1.54) is 25.5 Å². The van der Waals surface area contributed by atoms with Gasteiger partial charge < -0.3 is 0 Å². The van der Waals surface area contributed by atoms with Gasteiger partial charge in [0.15, 0.2) is 5.78 Å². The van der Waals surface area contributed by atoms with Crippen LogP contribution in [0.1, 0.15) is 45.1 Å². The summed E-state index contributed by atoms with van der Waals surface area (Å²) in [6, 6.07) is 0. The van der Waals surface area contributed by atoms with Crippen LogP contribution in [0.2, 0.25) is 0 Å². The van der Waals surface area contributed by atoms with E-state index < -0.39 is 0 Å². The summed E-state index contributed by atoms with van der Waals surface area (Å²) in [6.07, 6.45) is 4.48. The first-order chi connectivity index (χ1) is 6.30. The van der Waals surface area contributed by atoms with Gasteiger partial charge in [0.25, 0.3) is 0 Å². The second-order valence-corrected chi connectivity index (χ2v) is 1.65. The molecule has 0 radical (unpaired) electrons. The lowest BCUT2D eigenvalue weighted by molar-refractivity contribution is 0.101. The lowest BCUT2D eigenvalue weighted by atomic mass is 10.3. The van der Waals surface area contributed by atoms with E-state index in [0.29, 0.717) is 5.69 Å². The van der Waals surface area contributed by atoms with Gasteiger partial charge >= 0.3 is 0 Å². The lowest BCUT2D eigenvalue weighted by Crippen LogP contribution is -1.95. The molecule has 0 amide bonds. The minimum absolute atomic E-state index is 0.0527. The molecular weight excluding hydrogens is 164 g/mol. The summed E-state index contributed by atoms with van der Waals surface area (Å²) >= 11 is 0. The van der Waals surface area contributed by atoms with E-state index in [1.807, 2.05) is 27.7 Å². The van der Waals surface area contributed by atoms with Gasteiger partial charge in [-0.15, -0.1) is 0 Å². The molecule has 3 nitrogen and oxygen atoms in total. The molecule has 0 saturated carbocycles. The van der Waals surface area contributed by atoms with Crippen LogP contribution in [0.5, 0.6) is 0 Å². The van der Waals surface area contributed by atoms with E-state index in [1.54, 1.807) is 0 Å². The van der Waals surface area contributed by atoms with Crippen molar-refractivity contribution in [2.75, 3.05) is 0 Å². The molecule has 1 rings (SSSR count). The first kappa shape index (κ1) is 14.3. The van der Waals surface area contributed by atoms with Gasteiger partial charge in [0.2, 0.25) is 0 Å². The summed E-state index contributed by atoms with van der Waals surface area (Å²) < 4.78 is 0. The zero-order valence-corrected chi connectivity index (χ0v) is 9.03. The van der Waals surface area contributed by atoms with Gasteiger partial charge in [-0.25, -0.2) is 4.98 Å². The Kier molecular flexibility index (Phi) is 11.8. The summed E-state index contributed by atoms with van der Waals surface area (Å²) in [4.78, 5) is 18.0. The summed E-state index contributed by atoms with van der Waals surface area (Å²) in [5.41, 5.74) is 0.414. The summed E-state index contributed by atoms with van der Waals surface area (Å²) in [5.74, 6) is -0.0527. The van der Waals surface area contributed by atoms with E-state index in [2.05, 4.69) is 9.97 Å². The molecule has 1 heterocycles. The van der Waals surface area contributed by atoms with Crippen LogP contribution in [0.4, 0.5) is 0 Å². The molecule has 0 atom stereocenters. The summed E-state index contributed by atoms with van der Waals surface area (Å²) in [5, 5.41) is 0. The number of carbonyl (C=O) groups is 1. The molecule has 0 aliphatic rings. The molecule has 0 aromatic carbocycles. The first-order valence-electron chi connectivity index (χ1n) is 4.57. The summed E-state index contributed by atoms with van der Waals surface area (Å²) in [7, 11) is 0. The molecule has 0 saturated heterocycles. The van der Waals surface area contributed by atoms with Crippen molar-refractivity contribution in [2.24, 2.45) is 0 Å². The fraction of sp³-hybridized carbons (Fsp3) is 0.500. The number of Topliss-reactive ketones (excluding diaryl/α,β-unsaturated/α-hetero) is 1. The van der Waals surface area contributed by atoms with E-state index in [9.17, 15) is 4.79 Å². The fourth-order valence-corrected chi connectivity index (χ4v) is 0.481. The normalized spacial score (nSPS) is 7.15. The standard InChI is InChI=1S/C6H6N2O.2C2H6/c1-5(9)6-4-7-2-3-8-6;2*1-2/h2-4H,1H3;2*1-2H3. The molecule has 1 aromatic rings. The maximum absolute atomic E-state index is 10.5. The largest absolute Gasteiger partial charge is 0.293 e. The van der Waals surface area contributed by atoms with Gasteiger partial charge in [-0.3, -0.25) is 9.78 Å². The Hall–Kier alpha value is -1.25. The van der Waals surface area contributed by atoms with Gasteiger partial charge in [-0.2, -0.15) is 0 Å². The van der Waals surface area contributed by atoms with Gasteiger partial charge in [-0.1, -0.05) is 27.7 Å². The van der Waals surface area contributed by atoms with Crippen LogP contribution >= 0.6 is 0 Å². The minimum atomic E-state index is -0.0527. The van der Waals surface area contributed by atoms with Crippen LogP contribution in [-0.4, -0.2) is 15.8 Å². The Bertz CT molecular complexity index is 209. The van der Waals surface area contributed by atoms with Crippen LogP contribution in [0, 0.1) is 0 Å². The predicted molar refractivity (Wildman–Crippen MR) is 54.7 cm³/mol. The minimum Gasteiger partial charge on any atom is -0.293 e. The van der Waals surface area contributed by atoms with Gasteiger partial charge in [-0.05, 0) is 0 Å². The Labute approximate surface area is 80.2 Å². The van der Waals surface area contributed by atoms with Crippen molar-refractivity contribution >= 4 is 5.78 Å². The quantitative estimate of drug-likeness (QED) is 0.627. The number of rotatable bonds is 1. The molecule has 13 heavy (non-hydrogen) atoms. The third-order valence-electron chi connectivity index (χ3n) is 0.924. The zero-order chi connectivity index (χ0) is 10.7. The van der Waals surface area contributed by atoms with Crippen molar-refractivity contribution in [1.29, 1.82) is 0 Å². The maximum atomic E-state index is 10.5. The second-order valence-electron chi connectivity index (χ2n) is 1.65. The van der Waals surface area contributed by atoms with Crippen molar-refractivity contribution in [3.05, 3.63) is 24.3 Å². The average molecular weight is 182 g/mol. The third-order valence-corrected chi connectivity index (χ3v) is 0.924. The highest BCUT2D eigenvalue weighted by Crippen LogP contribution is 1.88. The highest BCUT2D eigenvalue weighted by Gasteiger charge is 1.96. The molecule has 0 unspecified atom stereocenters. The average Bonchev–Trinajstić information content (AvgIpc) is 2.25. The number of ketones is 1. The van der Waals surface area contributed by atoms with Crippen LogP contribution < -0.4 is 0 Å². The molecule has 0 N–H and O–H groups in total. The zero-order valence-electron chi connectivity index (χ0n) is 9.03. The lowest BCUT2D eigenvalue weighted by Gasteiger charge is -1.87. The van der Waals surface area contributed by atoms with Crippen molar-refractivity contribution in [2.45, 2.75) is 34.6 Å². The molecule has 74 valence electrons. The van der Waals surface area contributed by atoms with Crippen molar-refractivity contribution < 1.29 is 4.79 Å². The van der Waals surface area contributed by atoms with Crippen molar-refractivity contribution in [3.63, 3.8) is 0 Å². The Balaban J connectivity index is 0. The van der Waals surface area contributed by atoms with E-state index in [0.717, 1.165) is 0 Å². The van der Waals surface area contributed by atoms with Crippen molar-refractivity contribution in [1.82, 2.24) is 9.97 Å². The molecular formula is C10H18N2O. The maximum Gasteiger partial charge on any atom is 0.179 e. The SMILES string of the molecule is CC.CC.CC(=O)c1cnccn1. The predicted octanol–water partition coefficient (Wildman–Crippen LogP) is 2.73. The number of hydrogen-bond acceptors (Lipinski definition) is 3. The molecule has 0 aliphatic heterocycles. The third kappa shape index (κ3) is 7.12. The Morgan fingerprint density at radius 1 is 1.15 bits per heavy atom. The number of nitrogens with zero attached hydrogens (tertiary/aromatic N) is 2. The van der Waals surface area contributed by atoms with Gasteiger partial charge in [0.1, 0.15) is 5.69 Å². The fourth-order valence-electron chi connectivity index (χ4n) is 0.481. The van der Waals surface area contributed by atoms with Crippen molar-refractivity contribution in [3.8, 4) is 0 Å². The van der Waals surface area contributed by atoms with E-state index in [4.69, 9.17) is 0 Å². The second kappa shape index (κ2) is 10.8. The molecule has 0 aliphatic carbocycles. The van der Waals surface area contributed by atoms with Gasteiger partial charge in [0.05, 0.1) is 6.20 Å². The highest BCUT2D eigenvalue weighted by molar-refractivity contribution is 5.91. The highest BCUT2D eigenvalue weighted by atomic mass is 16.1. The molecule has 3 heteroatoms. The smallest absolute Gasteiger partial charge is 0.179 e. The monoisotopic (exact) mass is 182 g/mol. The molecule has 0 fully saturated rings. The Morgan fingerprint density at radius 3 is 1.92 bits per heavy atom. The number of aromatic nitrogens is 2.